The van der Waals surface area contributed by atoms with Crippen molar-refractivity contribution in [2.75, 3.05) is 0 Å². The van der Waals surface area contributed by atoms with Crippen molar-refractivity contribution in [2.24, 2.45) is 0 Å². The van der Waals surface area contributed by atoms with E-state index in [0.717, 1.165) is 0 Å². The van der Waals surface area contributed by atoms with Crippen LogP contribution in [0.1, 0.15) is 0 Å². The molecular weight excluding hydrogens is 217 g/mol. The fraction of sp³-hybridized carbons (Fsp3) is 0. The van der Waals surface area contributed by atoms with Crippen LogP contribution in [-0.4, -0.2) is 28.0 Å². The van der Waals surface area contributed by atoms with E-state index in [1.807, 2.05) is 0 Å². The van der Waals surface area contributed by atoms with Crippen LogP contribution in [0.4, 0.5) is 4.79 Å². The number of carbonyl (C=O) groups is 1. The van der Waals surface area contributed by atoms with E-state index in [-0.39, 0.29) is 0 Å². The first kappa shape index (κ1) is 11.4. The predicted octanol–water partition coefficient (Wildman–Crippen LogP) is -1.20. The zero-order chi connectivity index (χ0) is 10.2. The van der Waals surface area contributed by atoms with Crippen LogP contribution in [0.2, 0.25) is 0 Å². The summed E-state index contributed by atoms with van der Waals surface area (Å²) in [5.41, 5.74) is 0. The minimum Gasteiger partial charge on any atom is -0.562 e. The average Bonchev–Trinajstić information content (AvgIpc) is 1.82. The van der Waals surface area contributed by atoms with Crippen LogP contribution >= 0.6 is 8.18 Å². The molecule has 2 atom stereocenters. The monoisotopic (exact) mass is 219 g/mol. The zero-order valence-corrected chi connectivity index (χ0v) is 6.86. The lowest BCUT2D eigenvalue weighted by Gasteiger charge is -2.18. The molecule has 0 aliphatic carbocycles. The highest BCUT2D eigenvalue weighted by molar-refractivity contribution is 7.83. The summed E-state index contributed by atoms with van der Waals surface area (Å²) in [7, 11) is -10.2. The van der Waals surface area contributed by atoms with E-state index in [2.05, 4.69) is 0 Å². The van der Waals surface area contributed by atoms with Gasteiger partial charge in [0.2, 0.25) is 0 Å². The molecule has 9 nitrogen and oxygen atoms in total. The summed E-state index contributed by atoms with van der Waals surface area (Å²) in [5, 5.41) is 18.3. The molecule has 0 rings (SSSR count). The summed E-state index contributed by atoms with van der Waals surface area (Å²) in [6, 6.07) is 0. The molecule has 0 bridgehead atoms. The molecule has 12 heavy (non-hydrogen) atoms. The molecular formula is CH2NO8PS. The summed E-state index contributed by atoms with van der Waals surface area (Å²) >= 11 is 0. The second kappa shape index (κ2) is 3.01. The van der Waals surface area contributed by atoms with Gasteiger partial charge in [-0.3, -0.25) is 0 Å². The summed E-state index contributed by atoms with van der Waals surface area (Å²) in [6.07, 6.45) is -2.76. The van der Waals surface area contributed by atoms with Gasteiger partial charge in [0.15, 0.2) is 0 Å². The van der Waals surface area contributed by atoms with Crippen LogP contribution in [0.5, 0.6) is 0 Å². The second-order valence-electron chi connectivity index (χ2n) is 1.49. The Morgan fingerprint density at radius 2 is 1.83 bits per heavy atom. The first-order chi connectivity index (χ1) is 5.14. The number of hydroxylamine groups is 1. The Labute approximate surface area is 66.8 Å². The van der Waals surface area contributed by atoms with E-state index >= 15 is 0 Å². The number of rotatable bonds is 2. The molecule has 2 N–H and O–H groups in total. The SMILES string of the molecule is O=C(O)[N+]([O-])([P+](=O)[O-])S(=O)(=O)O. The first-order valence-electron chi connectivity index (χ1n) is 2.10. The van der Waals surface area contributed by atoms with Crippen molar-refractivity contribution in [2.45, 2.75) is 0 Å². The molecule has 0 heterocycles. The van der Waals surface area contributed by atoms with Gasteiger partial charge in [0, 0.05) is 0 Å². The Bertz CT molecular complexity index is 302. The van der Waals surface area contributed by atoms with Gasteiger partial charge in [-0.15, -0.1) is 8.42 Å². The molecule has 0 aliphatic heterocycles. The molecule has 1 amide bonds. The standard InChI is InChI=1S/CH2NO8PS/c3-1(4)2(5,11(6)7)12(8,9)10/h(H,3,4)(H,8,9,10). The maximum absolute atomic E-state index is 10.4. The molecule has 11 heteroatoms. The highest BCUT2D eigenvalue weighted by Gasteiger charge is 2.54. The van der Waals surface area contributed by atoms with Gasteiger partial charge in [-0.2, -0.15) is 4.79 Å². The van der Waals surface area contributed by atoms with Crippen molar-refractivity contribution in [3.63, 3.8) is 0 Å². The minimum atomic E-state index is -5.78. The maximum atomic E-state index is 10.4. The summed E-state index contributed by atoms with van der Waals surface area (Å²) in [6.45, 7) is 0. The molecule has 70 valence electrons. The summed E-state index contributed by atoms with van der Waals surface area (Å²) < 4.78 is 34.1. The van der Waals surface area contributed by atoms with Gasteiger partial charge in [0.05, 0.1) is 3.82 Å². The van der Waals surface area contributed by atoms with E-state index in [1.165, 1.54) is 0 Å². The van der Waals surface area contributed by atoms with Crippen molar-refractivity contribution in [3.05, 3.63) is 5.21 Å². The molecule has 0 aromatic rings. The smallest absolute Gasteiger partial charge is 0.562 e. The third-order valence-electron chi connectivity index (χ3n) is 0.769. The van der Waals surface area contributed by atoms with Crippen molar-refractivity contribution >= 4 is 24.6 Å². The van der Waals surface area contributed by atoms with E-state index < -0.39 is 28.4 Å². The average molecular weight is 219 g/mol. The van der Waals surface area contributed by atoms with E-state index in [9.17, 15) is 27.9 Å². The van der Waals surface area contributed by atoms with Crippen molar-refractivity contribution in [3.8, 4) is 0 Å². The maximum Gasteiger partial charge on any atom is 0.575 e. The number of quaternary nitrogens is 1. The molecule has 0 aromatic heterocycles. The van der Waals surface area contributed by atoms with Crippen LogP contribution in [-0.2, 0) is 14.9 Å². The van der Waals surface area contributed by atoms with Crippen molar-refractivity contribution in [1.82, 2.24) is 0 Å². The molecule has 0 saturated heterocycles. The van der Waals surface area contributed by atoms with Crippen LogP contribution < -0.4 is 4.89 Å². The van der Waals surface area contributed by atoms with Gasteiger partial charge in [-0.25, -0.2) is 4.55 Å². The molecule has 2 unspecified atom stereocenters. The molecule has 0 aliphatic rings. The van der Waals surface area contributed by atoms with Crippen molar-refractivity contribution < 1.29 is 36.2 Å². The van der Waals surface area contributed by atoms with Gasteiger partial charge in [-0.05, 0) is 4.57 Å². The quantitative estimate of drug-likeness (QED) is 0.333. The van der Waals surface area contributed by atoms with Gasteiger partial charge in [0.25, 0.3) is 0 Å². The molecule has 0 fully saturated rings. The van der Waals surface area contributed by atoms with E-state index in [1.54, 1.807) is 0 Å². The van der Waals surface area contributed by atoms with Crippen LogP contribution in [0, 0.1) is 5.21 Å². The first-order valence-corrected chi connectivity index (χ1v) is 4.62. The Hall–Kier alpha value is -0.640. The lowest BCUT2D eigenvalue weighted by Crippen LogP contribution is -2.46. The topological polar surface area (TPSA) is 155 Å². The number of nitrogens with zero attached hydrogens (tertiary/aromatic N) is 1. The Balaban J connectivity index is 5.49. The number of hydrogen-bond donors (Lipinski definition) is 2. The normalized spacial score (nSPS) is 18.1. The van der Waals surface area contributed by atoms with Crippen LogP contribution in [0.3, 0.4) is 0 Å². The molecule has 0 spiro atoms. The van der Waals surface area contributed by atoms with Gasteiger partial charge < -0.3 is 15.2 Å². The fourth-order valence-corrected chi connectivity index (χ4v) is 1.26. The zero-order valence-electron chi connectivity index (χ0n) is 5.15. The number of amides is 1. The molecule has 0 aromatic carbocycles. The number of hydrogen-bond acceptors (Lipinski definition) is 6. The lowest BCUT2D eigenvalue weighted by atomic mass is 11.3. The van der Waals surface area contributed by atoms with Gasteiger partial charge in [-0.1, -0.05) is 0 Å². The fourth-order valence-electron chi connectivity index (χ4n) is 0.253. The third kappa shape index (κ3) is 1.58. The molecule has 0 saturated carbocycles. The largest absolute Gasteiger partial charge is 0.575 e. The predicted molar refractivity (Wildman–Crippen MR) is 30.8 cm³/mol. The van der Waals surface area contributed by atoms with Gasteiger partial charge in [0.1, 0.15) is 0 Å². The summed E-state index contributed by atoms with van der Waals surface area (Å²) in [4.78, 5) is 19.7. The van der Waals surface area contributed by atoms with Crippen molar-refractivity contribution in [1.29, 1.82) is 0 Å². The molecule has 0 radical (unpaired) electrons. The Morgan fingerprint density at radius 3 is 1.83 bits per heavy atom. The number of carboxylic acid groups (broad SMARTS) is 1. The Morgan fingerprint density at radius 1 is 1.50 bits per heavy atom. The van der Waals surface area contributed by atoms with Crippen LogP contribution in [0.15, 0.2) is 0 Å². The highest BCUT2D eigenvalue weighted by Crippen LogP contribution is 2.31. The van der Waals surface area contributed by atoms with E-state index in [4.69, 9.17) is 9.66 Å². The lowest BCUT2D eigenvalue weighted by molar-refractivity contribution is -0.565. The van der Waals surface area contributed by atoms with Crippen LogP contribution in [0.25, 0.3) is 0 Å². The summed E-state index contributed by atoms with van der Waals surface area (Å²) in [5.74, 6) is 0. The second-order valence-corrected chi connectivity index (χ2v) is 4.21. The highest BCUT2D eigenvalue weighted by atomic mass is 32.2. The third-order valence-corrected chi connectivity index (χ3v) is 3.17. The van der Waals surface area contributed by atoms with E-state index in [0.29, 0.717) is 0 Å². The van der Waals surface area contributed by atoms with Gasteiger partial charge >= 0.3 is 24.6 Å². The Kier molecular flexibility index (Phi) is 2.85. The minimum absolute atomic E-state index is 2.76.